The van der Waals surface area contributed by atoms with Crippen LogP contribution in [0.5, 0.6) is 23.0 Å². The van der Waals surface area contributed by atoms with E-state index in [2.05, 4.69) is 0 Å². The van der Waals surface area contributed by atoms with E-state index in [1.807, 2.05) is 222 Å². The van der Waals surface area contributed by atoms with Gasteiger partial charge >= 0.3 is 0 Å². The fourth-order valence-corrected chi connectivity index (χ4v) is 8.43. The van der Waals surface area contributed by atoms with Crippen LogP contribution >= 0.6 is 0 Å². The molecule has 77 heavy (non-hydrogen) atoms. The van der Waals surface area contributed by atoms with Crippen LogP contribution in [0.4, 0.5) is 0 Å². The van der Waals surface area contributed by atoms with E-state index in [9.17, 15) is 0 Å². The molecular weight excluding hydrogens is 1010 g/mol. The first-order valence-electron chi connectivity index (χ1n) is 24.6. The molecular formula is C64H56N8O4Zn. The minimum absolute atomic E-state index is 0. The average molecular weight is 1070 g/mol. The molecule has 0 aliphatic carbocycles. The van der Waals surface area contributed by atoms with Crippen molar-refractivity contribution in [2.45, 2.75) is 27.7 Å². The van der Waals surface area contributed by atoms with Gasteiger partial charge in [-0.2, -0.15) is 0 Å². The number of methoxy groups -OCH3 is 4. The van der Waals surface area contributed by atoms with Crippen LogP contribution in [0.15, 0.2) is 234 Å². The fraction of sp³-hybridized carbons (Fsp3) is 0.125. The maximum absolute atomic E-state index is 5.00. The predicted octanol–water partition coefficient (Wildman–Crippen LogP) is 12.8. The van der Waals surface area contributed by atoms with E-state index in [4.69, 9.17) is 58.9 Å². The van der Waals surface area contributed by atoms with E-state index in [0.29, 0.717) is 46.7 Å². The van der Waals surface area contributed by atoms with Crippen LogP contribution in [-0.4, -0.2) is 75.1 Å². The van der Waals surface area contributed by atoms with Gasteiger partial charge in [0, 0.05) is 64.0 Å². The van der Waals surface area contributed by atoms with Gasteiger partial charge in [0.25, 0.3) is 0 Å². The Labute approximate surface area is 462 Å². The largest absolute Gasteiger partial charge is 0.497 e. The van der Waals surface area contributed by atoms with Crippen molar-refractivity contribution in [2.75, 3.05) is 28.4 Å². The average Bonchev–Trinajstić information content (AvgIpc) is 4.22. The van der Waals surface area contributed by atoms with E-state index < -0.39 is 0 Å². The number of benzene rings is 8. The van der Waals surface area contributed by atoms with Crippen LogP contribution in [0.2, 0.25) is 0 Å². The maximum atomic E-state index is 5.00. The van der Waals surface area contributed by atoms with Crippen molar-refractivity contribution < 1.29 is 38.4 Å². The monoisotopic (exact) mass is 1060 g/mol. The Hall–Kier alpha value is -9.06. The number of aryl methyl sites for hydroxylation is 4. The van der Waals surface area contributed by atoms with E-state index in [0.717, 1.165) is 67.5 Å². The van der Waals surface area contributed by atoms with Crippen LogP contribution < -0.4 is 18.9 Å². The Morgan fingerprint density at radius 2 is 0.377 bits per heavy atom. The molecule has 0 unspecified atom stereocenters. The molecule has 8 aromatic rings. The molecule has 0 saturated carbocycles. The maximum Gasteiger partial charge on any atom is 0.164 e. The quantitative estimate of drug-likeness (QED) is 0.162. The van der Waals surface area contributed by atoms with Gasteiger partial charge in [-0.15, -0.1) is 0 Å². The van der Waals surface area contributed by atoms with E-state index in [-0.39, 0.29) is 19.5 Å². The number of ether oxygens (including phenoxy) is 4. The molecule has 0 aromatic heterocycles. The Balaban J connectivity index is 0.000000170. The summed E-state index contributed by atoms with van der Waals surface area (Å²) in [6.07, 6.45) is 0. The minimum Gasteiger partial charge on any atom is -0.497 e. The molecule has 0 fully saturated rings. The summed E-state index contributed by atoms with van der Waals surface area (Å²) in [6.45, 7) is 8.18. The second kappa shape index (κ2) is 25.5. The number of amidine groups is 8. The number of aliphatic imine (C=N–C) groups is 8. The Morgan fingerprint density at radius 3 is 0.494 bits per heavy atom. The number of rotatable bonds is 4. The molecule has 13 heteroatoms. The molecule has 5 heterocycles. The number of hydrogen-bond donors (Lipinski definition) is 0. The van der Waals surface area contributed by atoms with Gasteiger partial charge < -0.3 is 18.9 Å². The fourth-order valence-electron chi connectivity index (χ4n) is 8.43. The van der Waals surface area contributed by atoms with Crippen molar-refractivity contribution >= 4 is 46.7 Å². The Bertz CT molecular complexity index is 3220. The first-order valence-corrected chi connectivity index (χ1v) is 24.6. The molecule has 13 rings (SSSR count). The van der Waals surface area contributed by atoms with Crippen LogP contribution in [0, 0.1) is 27.7 Å². The molecule has 0 radical (unpaired) electrons. The molecule has 0 amide bonds. The zero-order chi connectivity index (χ0) is 53.0. The molecule has 12 nitrogen and oxygen atoms in total. The molecule has 8 aromatic carbocycles. The molecule has 0 atom stereocenters. The van der Waals surface area contributed by atoms with Gasteiger partial charge in [-0.1, -0.05) is 146 Å². The number of hydrogen-bond acceptors (Lipinski definition) is 12. The molecule has 0 spiro atoms. The zero-order valence-electron chi connectivity index (χ0n) is 44.4. The normalized spacial score (nSPS) is 13.2. The molecule has 5 aliphatic heterocycles. The first-order chi connectivity index (χ1) is 37.1. The van der Waals surface area contributed by atoms with Gasteiger partial charge in [-0.05, 0) is 98.5 Å². The van der Waals surface area contributed by atoms with Gasteiger partial charge in [-0.3, -0.25) is 0 Å². The molecule has 8 bridgehead atoms. The van der Waals surface area contributed by atoms with Crippen molar-refractivity contribution in [3.63, 3.8) is 0 Å². The van der Waals surface area contributed by atoms with Crippen LogP contribution in [0.25, 0.3) is 0 Å². The number of nitrogens with zero attached hydrogens (tertiary/aromatic N) is 8. The Morgan fingerprint density at radius 1 is 0.221 bits per heavy atom. The predicted molar refractivity (Wildman–Crippen MR) is 309 cm³/mol. The van der Waals surface area contributed by atoms with Gasteiger partial charge in [0.15, 0.2) is 46.7 Å². The first kappa shape index (κ1) is 54.2. The van der Waals surface area contributed by atoms with Gasteiger partial charge in [0.2, 0.25) is 0 Å². The van der Waals surface area contributed by atoms with Crippen molar-refractivity contribution in [3.8, 4) is 23.0 Å². The van der Waals surface area contributed by atoms with Crippen molar-refractivity contribution in [1.82, 2.24) is 0 Å². The topological polar surface area (TPSA) is 136 Å². The van der Waals surface area contributed by atoms with E-state index in [1.165, 1.54) is 22.3 Å². The second-order valence-corrected chi connectivity index (χ2v) is 17.7. The summed E-state index contributed by atoms with van der Waals surface area (Å²) in [6, 6.07) is 63.7. The van der Waals surface area contributed by atoms with Crippen molar-refractivity contribution in [2.24, 2.45) is 39.9 Å². The standard InChI is InChI=1S/C32H16N8.4C8H10O.Zn/c1-2-10-18-17(9-1)25-33-26(18)38-28-21-13-5-6-14-22(21)30(35-28)40-32-24-16-8-7-15-23(24)31(36-32)39-29-20-12-4-3-11-19(20)27(34-29)37-25;4*1-7-4-3-5-8(6-7)9-2;/h1-16H;4*3-6H,1-2H3;. The third-order valence-electron chi connectivity index (χ3n) is 12.2. The van der Waals surface area contributed by atoms with Crippen LogP contribution in [0.1, 0.15) is 66.8 Å². The molecule has 0 saturated heterocycles. The summed E-state index contributed by atoms with van der Waals surface area (Å²) in [5, 5.41) is 0. The molecule has 378 valence electrons. The summed E-state index contributed by atoms with van der Waals surface area (Å²) in [4.78, 5) is 39.3. The summed E-state index contributed by atoms with van der Waals surface area (Å²) < 4.78 is 20.0. The van der Waals surface area contributed by atoms with Gasteiger partial charge in [0.1, 0.15) is 23.0 Å². The van der Waals surface area contributed by atoms with E-state index in [1.54, 1.807) is 28.4 Å². The summed E-state index contributed by atoms with van der Waals surface area (Å²) in [7, 11) is 6.70. The van der Waals surface area contributed by atoms with Crippen molar-refractivity contribution in [1.29, 1.82) is 0 Å². The zero-order valence-corrected chi connectivity index (χ0v) is 47.4. The Kier molecular flexibility index (Phi) is 17.9. The van der Waals surface area contributed by atoms with Crippen LogP contribution in [0.3, 0.4) is 0 Å². The minimum atomic E-state index is 0. The molecule has 5 aliphatic rings. The summed E-state index contributed by atoms with van der Waals surface area (Å²) >= 11 is 0. The van der Waals surface area contributed by atoms with Crippen LogP contribution in [-0.2, 0) is 19.5 Å². The third kappa shape index (κ3) is 13.1. The summed E-state index contributed by atoms with van der Waals surface area (Å²) in [5.74, 6) is 8.12. The SMILES string of the molecule is COc1cccc(C)c1.COc1cccc(C)c1.COc1cccc(C)c1.COc1cccc(C)c1.[Zn].c1ccc2c(c1)C1=NC2=NC2=NC(=NC3=NC(=NC4=NC(=N1)c1ccccc14)c1ccccc13)c1ccccc12. The summed E-state index contributed by atoms with van der Waals surface area (Å²) in [5.41, 5.74) is 12.1. The second-order valence-electron chi connectivity index (χ2n) is 17.7. The number of fused-ring (bicyclic) bond motifs is 16. The van der Waals surface area contributed by atoms with Gasteiger partial charge in [0.05, 0.1) is 28.4 Å². The smallest absolute Gasteiger partial charge is 0.164 e. The van der Waals surface area contributed by atoms with Crippen molar-refractivity contribution in [3.05, 3.63) is 261 Å². The third-order valence-corrected chi connectivity index (χ3v) is 12.2. The van der Waals surface area contributed by atoms with E-state index >= 15 is 0 Å². The van der Waals surface area contributed by atoms with Gasteiger partial charge in [-0.25, -0.2) is 39.9 Å². The molecule has 0 N–H and O–H groups in total.